The lowest BCUT2D eigenvalue weighted by Crippen LogP contribution is -2.27. The Morgan fingerprint density at radius 3 is 2.55 bits per heavy atom. The van der Waals surface area contributed by atoms with E-state index in [1.807, 2.05) is 0 Å². The van der Waals surface area contributed by atoms with Crippen molar-refractivity contribution in [2.45, 2.75) is 38.6 Å². The molecule has 0 heterocycles. The first-order valence-corrected chi connectivity index (χ1v) is 7.65. The van der Waals surface area contributed by atoms with E-state index in [1.165, 1.54) is 29.5 Å². The fraction of sp³-hybridized carbons (Fsp3) is 0.368. The largest absolute Gasteiger partial charge is 0.310 e. The Hall–Kier alpha value is -1.60. The second-order valence-electron chi connectivity index (χ2n) is 5.86. The summed E-state index contributed by atoms with van der Waals surface area (Å²) in [6.45, 7) is 5.36. The molecule has 20 heavy (non-hydrogen) atoms. The number of aryl methyl sites for hydroxylation is 1. The first-order valence-electron chi connectivity index (χ1n) is 7.65. The molecule has 2 atom stereocenters. The number of rotatable bonds is 5. The Morgan fingerprint density at radius 2 is 1.85 bits per heavy atom. The summed E-state index contributed by atoms with van der Waals surface area (Å²) in [5.74, 6) is 0.719. The SMILES string of the molecule is CCNC(CC1Cc2ccccc21)c1ccc(C)cc1. The molecular weight excluding hydrogens is 242 g/mol. The highest BCUT2D eigenvalue weighted by molar-refractivity contribution is 5.40. The van der Waals surface area contributed by atoms with E-state index in [9.17, 15) is 0 Å². The Kier molecular flexibility index (Phi) is 3.88. The molecule has 0 amide bonds. The number of benzene rings is 2. The summed E-state index contributed by atoms with van der Waals surface area (Å²) in [6.07, 6.45) is 2.44. The Balaban J connectivity index is 1.74. The lowest BCUT2D eigenvalue weighted by molar-refractivity contribution is 0.436. The zero-order chi connectivity index (χ0) is 13.9. The summed E-state index contributed by atoms with van der Waals surface area (Å²) in [6, 6.07) is 18.3. The minimum atomic E-state index is 0.471. The standard InChI is InChI=1S/C19H23N/c1-3-20-19(15-10-8-14(2)9-11-15)13-17-12-16-6-4-5-7-18(16)17/h4-11,17,19-20H,3,12-13H2,1-2H3. The van der Waals surface area contributed by atoms with E-state index in [4.69, 9.17) is 0 Å². The van der Waals surface area contributed by atoms with E-state index < -0.39 is 0 Å². The van der Waals surface area contributed by atoms with Crippen molar-refractivity contribution in [2.75, 3.05) is 6.54 Å². The highest BCUT2D eigenvalue weighted by Gasteiger charge is 2.28. The van der Waals surface area contributed by atoms with E-state index in [0.29, 0.717) is 6.04 Å². The summed E-state index contributed by atoms with van der Waals surface area (Å²) in [5, 5.41) is 3.65. The third-order valence-electron chi connectivity index (χ3n) is 4.41. The number of hydrogen-bond donors (Lipinski definition) is 1. The Labute approximate surface area is 122 Å². The molecular formula is C19H23N. The summed E-state index contributed by atoms with van der Waals surface area (Å²) in [5.41, 5.74) is 5.85. The van der Waals surface area contributed by atoms with Gasteiger partial charge in [0.25, 0.3) is 0 Å². The second kappa shape index (κ2) is 5.80. The molecule has 1 aliphatic carbocycles. The second-order valence-corrected chi connectivity index (χ2v) is 5.86. The molecule has 0 aliphatic heterocycles. The van der Waals surface area contributed by atoms with Gasteiger partial charge in [-0.15, -0.1) is 0 Å². The predicted octanol–water partition coefficient (Wildman–Crippen LogP) is 4.38. The van der Waals surface area contributed by atoms with E-state index in [0.717, 1.165) is 12.5 Å². The topological polar surface area (TPSA) is 12.0 Å². The average molecular weight is 265 g/mol. The van der Waals surface area contributed by atoms with Gasteiger partial charge in [0.1, 0.15) is 0 Å². The predicted molar refractivity (Wildman–Crippen MR) is 85.1 cm³/mol. The van der Waals surface area contributed by atoms with Crippen LogP contribution in [-0.4, -0.2) is 6.54 Å². The van der Waals surface area contributed by atoms with Crippen LogP contribution in [0.3, 0.4) is 0 Å². The number of fused-ring (bicyclic) bond motifs is 1. The van der Waals surface area contributed by atoms with Gasteiger partial charge in [0, 0.05) is 6.04 Å². The average Bonchev–Trinajstić information content (AvgIpc) is 2.44. The van der Waals surface area contributed by atoms with Crippen molar-refractivity contribution in [3.8, 4) is 0 Å². The third kappa shape index (κ3) is 2.64. The zero-order valence-electron chi connectivity index (χ0n) is 12.4. The molecule has 3 rings (SSSR count). The van der Waals surface area contributed by atoms with E-state index in [2.05, 4.69) is 67.7 Å². The maximum Gasteiger partial charge on any atom is 0.0326 e. The van der Waals surface area contributed by atoms with Crippen molar-refractivity contribution in [3.63, 3.8) is 0 Å². The molecule has 0 bridgehead atoms. The highest BCUT2D eigenvalue weighted by Crippen LogP contribution is 2.40. The highest BCUT2D eigenvalue weighted by atomic mass is 14.9. The van der Waals surface area contributed by atoms with Crippen molar-refractivity contribution in [1.29, 1.82) is 0 Å². The van der Waals surface area contributed by atoms with E-state index >= 15 is 0 Å². The van der Waals surface area contributed by atoms with Crippen LogP contribution in [0, 0.1) is 6.92 Å². The third-order valence-corrected chi connectivity index (χ3v) is 4.41. The molecule has 0 spiro atoms. The van der Waals surface area contributed by atoms with Gasteiger partial charge >= 0.3 is 0 Å². The zero-order valence-corrected chi connectivity index (χ0v) is 12.4. The monoisotopic (exact) mass is 265 g/mol. The summed E-state index contributed by atoms with van der Waals surface area (Å²) >= 11 is 0. The molecule has 0 radical (unpaired) electrons. The van der Waals surface area contributed by atoms with Gasteiger partial charge in [-0.1, -0.05) is 61.0 Å². The number of hydrogen-bond acceptors (Lipinski definition) is 1. The van der Waals surface area contributed by atoms with E-state index in [-0.39, 0.29) is 0 Å². The summed E-state index contributed by atoms with van der Waals surface area (Å²) in [4.78, 5) is 0. The molecule has 1 N–H and O–H groups in total. The van der Waals surface area contributed by atoms with Crippen molar-refractivity contribution in [2.24, 2.45) is 0 Å². The molecule has 0 aromatic heterocycles. The maximum absolute atomic E-state index is 3.65. The van der Waals surface area contributed by atoms with E-state index in [1.54, 1.807) is 5.56 Å². The van der Waals surface area contributed by atoms with Crippen LogP contribution < -0.4 is 5.32 Å². The van der Waals surface area contributed by atoms with Crippen molar-refractivity contribution < 1.29 is 0 Å². The van der Waals surface area contributed by atoms with Crippen LogP contribution in [0.2, 0.25) is 0 Å². The van der Waals surface area contributed by atoms with Crippen molar-refractivity contribution >= 4 is 0 Å². The molecule has 0 saturated carbocycles. The van der Waals surface area contributed by atoms with Crippen LogP contribution in [0.25, 0.3) is 0 Å². The molecule has 0 fully saturated rings. The van der Waals surface area contributed by atoms with Gasteiger partial charge in [0.2, 0.25) is 0 Å². The minimum Gasteiger partial charge on any atom is -0.310 e. The van der Waals surface area contributed by atoms with Crippen LogP contribution in [0.1, 0.15) is 47.6 Å². The van der Waals surface area contributed by atoms with Crippen LogP contribution in [0.5, 0.6) is 0 Å². The lowest BCUT2D eigenvalue weighted by atomic mass is 9.74. The molecule has 2 aromatic carbocycles. The van der Waals surface area contributed by atoms with Gasteiger partial charge in [-0.05, 0) is 48.9 Å². The Bertz CT molecular complexity index is 571. The fourth-order valence-corrected chi connectivity index (χ4v) is 3.24. The molecule has 1 nitrogen and oxygen atoms in total. The van der Waals surface area contributed by atoms with Crippen molar-refractivity contribution in [1.82, 2.24) is 5.32 Å². The van der Waals surface area contributed by atoms with Crippen LogP contribution in [0.15, 0.2) is 48.5 Å². The summed E-state index contributed by atoms with van der Waals surface area (Å²) < 4.78 is 0. The Morgan fingerprint density at radius 1 is 1.10 bits per heavy atom. The first kappa shape index (κ1) is 13.4. The normalized spacial score (nSPS) is 18.2. The van der Waals surface area contributed by atoms with Gasteiger partial charge in [0.15, 0.2) is 0 Å². The van der Waals surface area contributed by atoms with Crippen LogP contribution >= 0.6 is 0 Å². The minimum absolute atomic E-state index is 0.471. The van der Waals surface area contributed by atoms with Gasteiger partial charge in [0.05, 0.1) is 0 Å². The van der Waals surface area contributed by atoms with Gasteiger partial charge < -0.3 is 5.32 Å². The van der Waals surface area contributed by atoms with Gasteiger partial charge in [-0.2, -0.15) is 0 Å². The quantitative estimate of drug-likeness (QED) is 0.846. The fourth-order valence-electron chi connectivity index (χ4n) is 3.24. The summed E-state index contributed by atoms with van der Waals surface area (Å²) in [7, 11) is 0. The van der Waals surface area contributed by atoms with Gasteiger partial charge in [-0.3, -0.25) is 0 Å². The molecule has 1 aliphatic rings. The van der Waals surface area contributed by atoms with Crippen LogP contribution in [0.4, 0.5) is 0 Å². The molecule has 0 saturated heterocycles. The molecule has 104 valence electrons. The van der Waals surface area contributed by atoms with Crippen LogP contribution in [-0.2, 0) is 6.42 Å². The molecule has 1 heteroatoms. The maximum atomic E-state index is 3.65. The van der Waals surface area contributed by atoms with Gasteiger partial charge in [-0.25, -0.2) is 0 Å². The molecule has 2 unspecified atom stereocenters. The van der Waals surface area contributed by atoms with Crippen molar-refractivity contribution in [3.05, 3.63) is 70.8 Å². The number of nitrogens with one attached hydrogen (secondary N) is 1. The molecule has 2 aromatic rings. The first-order chi connectivity index (χ1) is 9.78. The lowest BCUT2D eigenvalue weighted by Gasteiger charge is -2.33. The smallest absolute Gasteiger partial charge is 0.0326 e.